The highest BCUT2D eigenvalue weighted by Gasteiger charge is 2.26. The zero-order valence-electron chi connectivity index (χ0n) is 23.8. The summed E-state index contributed by atoms with van der Waals surface area (Å²) in [6, 6.07) is 3.57. The standard InChI is InChI=1S/C27H33N3O8S2/c1-12-10-14(3)23(39-38-37-32)18(7)21(12)28-25-17(6)16(5)20(27(31)36-9)26(30-25)29-22-13(2)11-15(4)24(19(22)8)40(33,34)35/h10-11,32H,1-9H3,(H2,28,29,30)(H,33,34,35). The van der Waals surface area contributed by atoms with Crippen molar-refractivity contribution in [1.29, 1.82) is 0 Å². The van der Waals surface area contributed by atoms with Gasteiger partial charge in [-0.3, -0.25) is 4.55 Å². The van der Waals surface area contributed by atoms with Crippen LogP contribution in [0.15, 0.2) is 21.9 Å². The molecular formula is C27H33N3O8S2. The molecule has 0 bridgehead atoms. The number of carbonyl (C=O) groups is 1. The van der Waals surface area contributed by atoms with Gasteiger partial charge in [0.05, 0.1) is 19.2 Å². The van der Waals surface area contributed by atoms with Crippen LogP contribution in [0.5, 0.6) is 0 Å². The fourth-order valence-corrected chi connectivity index (χ4v) is 6.36. The minimum absolute atomic E-state index is 0.142. The van der Waals surface area contributed by atoms with Crippen molar-refractivity contribution in [2.45, 2.75) is 65.2 Å². The third-order valence-electron chi connectivity index (χ3n) is 6.84. The van der Waals surface area contributed by atoms with Gasteiger partial charge < -0.3 is 15.4 Å². The molecule has 4 N–H and O–H groups in total. The van der Waals surface area contributed by atoms with Crippen LogP contribution in [0.2, 0.25) is 0 Å². The average molecular weight is 592 g/mol. The molecule has 0 saturated carbocycles. The van der Waals surface area contributed by atoms with E-state index < -0.39 is 16.1 Å². The summed E-state index contributed by atoms with van der Waals surface area (Å²) in [6.45, 7) is 14.2. The van der Waals surface area contributed by atoms with E-state index in [1.165, 1.54) is 7.11 Å². The molecule has 1 aromatic heterocycles. The number of carbonyl (C=O) groups excluding carboxylic acids is 1. The second-order valence-electron chi connectivity index (χ2n) is 9.56. The smallest absolute Gasteiger partial charge is 0.341 e. The Labute approximate surface area is 238 Å². The van der Waals surface area contributed by atoms with Crippen LogP contribution in [0, 0.1) is 55.4 Å². The first-order chi connectivity index (χ1) is 18.6. The van der Waals surface area contributed by atoms with Crippen molar-refractivity contribution in [2.24, 2.45) is 0 Å². The van der Waals surface area contributed by atoms with E-state index in [-0.39, 0.29) is 21.8 Å². The van der Waals surface area contributed by atoms with Crippen LogP contribution in [0.4, 0.5) is 23.0 Å². The summed E-state index contributed by atoms with van der Waals surface area (Å²) in [5.41, 5.74) is 6.57. The highest BCUT2D eigenvalue weighted by Crippen LogP contribution is 2.39. The van der Waals surface area contributed by atoms with Crippen LogP contribution < -0.4 is 10.6 Å². The third kappa shape index (κ3) is 6.09. The lowest BCUT2D eigenvalue weighted by Gasteiger charge is -2.22. The number of nitrogens with one attached hydrogen (secondary N) is 2. The summed E-state index contributed by atoms with van der Waals surface area (Å²) in [4.78, 5) is 18.2. The van der Waals surface area contributed by atoms with Crippen LogP contribution in [0.25, 0.3) is 0 Å². The molecule has 11 nitrogen and oxygen atoms in total. The number of hydrogen-bond acceptors (Lipinski definition) is 11. The normalized spacial score (nSPS) is 11.5. The first-order valence-electron chi connectivity index (χ1n) is 12.1. The molecule has 40 heavy (non-hydrogen) atoms. The molecule has 13 heteroatoms. The molecule has 2 aromatic carbocycles. The number of benzene rings is 2. The fraction of sp³-hybridized carbons (Fsp3) is 0.333. The molecule has 0 radical (unpaired) electrons. The van der Waals surface area contributed by atoms with Crippen molar-refractivity contribution < 1.29 is 37.1 Å². The number of rotatable bonds is 9. The van der Waals surface area contributed by atoms with E-state index in [0.29, 0.717) is 33.8 Å². The molecule has 0 aliphatic carbocycles. The van der Waals surface area contributed by atoms with E-state index in [4.69, 9.17) is 15.0 Å². The number of aryl methyl sites for hydroxylation is 4. The van der Waals surface area contributed by atoms with Gasteiger partial charge in [0.2, 0.25) is 0 Å². The summed E-state index contributed by atoms with van der Waals surface area (Å²) in [5.74, 6) is -0.0414. The molecule has 0 unspecified atom stereocenters. The van der Waals surface area contributed by atoms with Gasteiger partial charge >= 0.3 is 5.97 Å². The fourth-order valence-electron chi connectivity index (χ4n) is 4.89. The number of esters is 1. The zero-order chi connectivity index (χ0) is 30.1. The Hall–Kier alpha value is -3.20. The molecular weight excluding hydrogens is 558 g/mol. The predicted octanol–water partition coefficient (Wildman–Crippen LogP) is 6.50. The monoisotopic (exact) mass is 591 g/mol. The first-order valence-corrected chi connectivity index (χ1v) is 14.3. The molecule has 0 fully saturated rings. The Morgan fingerprint density at radius 1 is 0.825 bits per heavy atom. The van der Waals surface area contributed by atoms with Gasteiger partial charge in [-0.15, -0.1) is 4.33 Å². The Kier molecular flexibility index (Phi) is 9.50. The highest BCUT2D eigenvalue weighted by molar-refractivity contribution is 7.94. The quantitative estimate of drug-likeness (QED) is 0.0705. The van der Waals surface area contributed by atoms with Crippen molar-refractivity contribution in [3.63, 3.8) is 0 Å². The van der Waals surface area contributed by atoms with Gasteiger partial charge in [-0.1, -0.05) is 17.2 Å². The molecule has 0 spiro atoms. The molecule has 0 aliphatic heterocycles. The molecule has 0 amide bonds. The van der Waals surface area contributed by atoms with Crippen molar-refractivity contribution >= 4 is 51.1 Å². The maximum atomic E-state index is 12.9. The molecule has 0 atom stereocenters. The predicted molar refractivity (Wildman–Crippen MR) is 153 cm³/mol. The molecule has 0 saturated heterocycles. The largest absolute Gasteiger partial charge is 0.465 e. The van der Waals surface area contributed by atoms with Crippen molar-refractivity contribution in [3.8, 4) is 0 Å². The zero-order valence-corrected chi connectivity index (χ0v) is 25.4. The van der Waals surface area contributed by atoms with Gasteiger partial charge in [0.15, 0.2) is 0 Å². The second kappa shape index (κ2) is 12.1. The minimum Gasteiger partial charge on any atom is -0.465 e. The number of nitrogens with zero attached hydrogens (tertiary/aromatic N) is 1. The first kappa shape index (κ1) is 31.3. The topological polar surface area (TPSA) is 156 Å². The Balaban J connectivity index is 2.25. The highest BCUT2D eigenvalue weighted by atomic mass is 32.2. The van der Waals surface area contributed by atoms with Crippen LogP contribution in [0.3, 0.4) is 0 Å². The minimum atomic E-state index is -4.52. The number of hydrogen-bond donors (Lipinski definition) is 4. The van der Waals surface area contributed by atoms with Gasteiger partial charge in [-0.05, 0) is 99.9 Å². The Morgan fingerprint density at radius 2 is 1.38 bits per heavy atom. The van der Waals surface area contributed by atoms with Crippen molar-refractivity contribution in [2.75, 3.05) is 17.7 Å². The van der Waals surface area contributed by atoms with Crippen LogP contribution in [-0.2, 0) is 24.2 Å². The van der Waals surface area contributed by atoms with Gasteiger partial charge in [0.25, 0.3) is 10.1 Å². The molecule has 3 aromatic rings. The van der Waals surface area contributed by atoms with E-state index >= 15 is 0 Å². The summed E-state index contributed by atoms with van der Waals surface area (Å²) in [6.07, 6.45) is 0. The van der Waals surface area contributed by atoms with Gasteiger partial charge in [-0.2, -0.15) is 8.42 Å². The van der Waals surface area contributed by atoms with E-state index in [9.17, 15) is 17.8 Å². The molecule has 216 valence electrons. The number of aromatic nitrogens is 1. The summed E-state index contributed by atoms with van der Waals surface area (Å²) in [7, 11) is -3.25. The van der Waals surface area contributed by atoms with Gasteiger partial charge in [-0.25, -0.2) is 15.0 Å². The van der Waals surface area contributed by atoms with E-state index in [2.05, 4.69) is 20.0 Å². The van der Waals surface area contributed by atoms with E-state index in [0.717, 1.165) is 39.3 Å². The van der Waals surface area contributed by atoms with Crippen molar-refractivity contribution in [1.82, 2.24) is 4.98 Å². The maximum Gasteiger partial charge on any atom is 0.341 e. The second-order valence-corrected chi connectivity index (χ2v) is 11.6. The number of pyridine rings is 1. The number of anilines is 4. The summed E-state index contributed by atoms with van der Waals surface area (Å²) >= 11 is 0.861. The van der Waals surface area contributed by atoms with E-state index in [1.807, 2.05) is 33.8 Å². The van der Waals surface area contributed by atoms with Gasteiger partial charge in [0, 0.05) is 16.3 Å². The molecule has 1 heterocycles. The van der Waals surface area contributed by atoms with Crippen molar-refractivity contribution in [3.05, 3.63) is 62.2 Å². The van der Waals surface area contributed by atoms with Gasteiger partial charge in [0.1, 0.15) is 22.1 Å². The Bertz CT molecular complexity index is 1600. The maximum absolute atomic E-state index is 12.9. The van der Waals surface area contributed by atoms with Crippen LogP contribution in [0.1, 0.15) is 54.9 Å². The number of ether oxygens (including phenoxy) is 1. The van der Waals surface area contributed by atoms with Crippen LogP contribution >= 0.6 is 12.0 Å². The SMILES string of the molecule is COC(=O)c1c(Nc2c(C)cc(C)c(S(=O)(=O)O)c2C)nc(Nc2c(C)cc(C)c(SOOO)c2C)c(C)c1C. The lowest BCUT2D eigenvalue weighted by molar-refractivity contribution is -0.432. The third-order valence-corrected chi connectivity index (χ3v) is 8.91. The number of methoxy groups -OCH3 is 1. The van der Waals surface area contributed by atoms with Crippen LogP contribution in [-0.4, -0.2) is 36.3 Å². The lowest BCUT2D eigenvalue weighted by atomic mass is 10.0. The lowest BCUT2D eigenvalue weighted by Crippen LogP contribution is -2.15. The summed E-state index contributed by atoms with van der Waals surface area (Å²) in [5, 5.41) is 18.9. The average Bonchev–Trinajstić information content (AvgIpc) is 2.85. The molecule has 3 rings (SSSR count). The van der Waals surface area contributed by atoms with E-state index in [1.54, 1.807) is 33.8 Å². The molecule has 0 aliphatic rings. The Morgan fingerprint density at radius 3 is 1.93 bits per heavy atom. The summed E-state index contributed by atoms with van der Waals surface area (Å²) < 4.78 is 43.9.